The highest BCUT2D eigenvalue weighted by Crippen LogP contribution is 2.16. The number of hydrogen-bond acceptors (Lipinski definition) is 2. The average molecular weight is 385 g/mol. The topological polar surface area (TPSA) is 56.7 Å². The number of halogens is 2. The molecule has 1 heterocycles. The molecular formula is C16H22BrFN4O. The predicted molar refractivity (Wildman–Crippen MR) is 92.7 cm³/mol. The molecule has 2 rings (SSSR count). The van der Waals surface area contributed by atoms with Gasteiger partial charge < -0.3 is 15.5 Å². The SMILES string of the molecule is CCNC(=NCc1cc(Br)ccc1F)NCC(=O)N1CCCC1. The Kier molecular flexibility index (Phi) is 6.83. The molecule has 0 unspecified atom stereocenters. The summed E-state index contributed by atoms with van der Waals surface area (Å²) in [7, 11) is 0. The molecule has 0 atom stereocenters. The van der Waals surface area contributed by atoms with E-state index in [-0.39, 0.29) is 24.8 Å². The van der Waals surface area contributed by atoms with Crippen molar-refractivity contribution in [3.63, 3.8) is 0 Å². The zero-order valence-corrected chi connectivity index (χ0v) is 14.8. The molecule has 1 amide bonds. The second-order valence-electron chi connectivity index (χ2n) is 5.37. The van der Waals surface area contributed by atoms with E-state index in [0.29, 0.717) is 18.1 Å². The largest absolute Gasteiger partial charge is 0.357 e. The zero-order chi connectivity index (χ0) is 16.7. The number of rotatable bonds is 5. The van der Waals surface area contributed by atoms with E-state index < -0.39 is 0 Å². The van der Waals surface area contributed by atoms with E-state index in [2.05, 4.69) is 31.6 Å². The lowest BCUT2D eigenvalue weighted by atomic mass is 10.2. The third kappa shape index (κ3) is 5.49. The lowest BCUT2D eigenvalue weighted by Crippen LogP contribution is -2.44. The Balaban J connectivity index is 1.93. The van der Waals surface area contributed by atoms with Crippen LogP contribution in [0.15, 0.2) is 27.7 Å². The molecule has 1 aliphatic rings. The van der Waals surface area contributed by atoms with Crippen LogP contribution in [0.5, 0.6) is 0 Å². The first kappa shape index (κ1) is 17.7. The van der Waals surface area contributed by atoms with Gasteiger partial charge in [-0.2, -0.15) is 0 Å². The van der Waals surface area contributed by atoms with Gasteiger partial charge in [-0.15, -0.1) is 0 Å². The van der Waals surface area contributed by atoms with Crippen LogP contribution < -0.4 is 10.6 Å². The molecule has 1 saturated heterocycles. The first-order chi connectivity index (χ1) is 11.1. The highest BCUT2D eigenvalue weighted by molar-refractivity contribution is 9.10. The Hall–Kier alpha value is -1.63. The molecule has 0 bridgehead atoms. The zero-order valence-electron chi connectivity index (χ0n) is 13.2. The smallest absolute Gasteiger partial charge is 0.241 e. The van der Waals surface area contributed by atoms with Crippen molar-refractivity contribution >= 4 is 27.8 Å². The van der Waals surface area contributed by atoms with E-state index in [4.69, 9.17) is 0 Å². The Bertz CT molecular complexity index is 573. The highest BCUT2D eigenvalue weighted by Gasteiger charge is 2.17. The molecule has 1 fully saturated rings. The van der Waals surface area contributed by atoms with Gasteiger partial charge in [0.2, 0.25) is 5.91 Å². The Labute approximate surface area is 144 Å². The molecule has 23 heavy (non-hydrogen) atoms. The fourth-order valence-corrected chi connectivity index (χ4v) is 2.82. The molecule has 126 valence electrons. The minimum Gasteiger partial charge on any atom is -0.357 e. The van der Waals surface area contributed by atoms with Gasteiger partial charge >= 0.3 is 0 Å². The molecule has 0 spiro atoms. The predicted octanol–water partition coefficient (Wildman–Crippen LogP) is 2.27. The van der Waals surface area contributed by atoms with Crippen LogP contribution in [0.1, 0.15) is 25.3 Å². The average Bonchev–Trinajstić information content (AvgIpc) is 3.07. The van der Waals surface area contributed by atoms with Crippen LogP contribution in [0, 0.1) is 5.82 Å². The second-order valence-corrected chi connectivity index (χ2v) is 6.29. The van der Waals surface area contributed by atoms with Gasteiger partial charge in [0.1, 0.15) is 5.82 Å². The number of amides is 1. The van der Waals surface area contributed by atoms with E-state index in [1.165, 1.54) is 6.07 Å². The third-order valence-electron chi connectivity index (χ3n) is 3.63. The standard InChI is InChI=1S/C16H22BrFN4O/c1-2-19-16(21-11-15(23)22-7-3-4-8-22)20-10-12-9-13(17)5-6-14(12)18/h5-6,9H,2-4,7-8,10-11H2,1H3,(H2,19,20,21). The van der Waals surface area contributed by atoms with E-state index in [0.717, 1.165) is 30.4 Å². The molecule has 0 aliphatic carbocycles. The van der Waals surface area contributed by atoms with Gasteiger partial charge in [0.05, 0.1) is 13.1 Å². The summed E-state index contributed by atoms with van der Waals surface area (Å²) in [4.78, 5) is 18.2. The van der Waals surface area contributed by atoms with Gasteiger partial charge in [-0.05, 0) is 38.0 Å². The maximum absolute atomic E-state index is 13.7. The van der Waals surface area contributed by atoms with E-state index in [9.17, 15) is 9.18 Å². The lowest BCUT2D eigenvalue weighted by molar-refractivity contribution is -0.128. The number of nitrogens with zero attached hydrogens (tertiary/aromatic N) is 2. The fourth-order valence-electron chi connectivity index (χ4n) is 2.41. The minimum atomic E-state index is -0.291. The Morgan fingerprint density at radius 3 is 2.78 bits per heavy atom. The molecule has 0 aromatic heterocycles. The summed E-state index contributed by atoms with van der Waals surface area (Å²) >= 11 is 3.32. The summed E-state index contributed by atoms with van der Waals surface area (Å²) < 4.78 is 14.5. The fraction of sp³-hybridized carbons (Fsp3) is 0.500. The monoisotopic (exact) mass is 384 g/mol. The van der Waals surface area contributed by atoms with Gasteiger partial charge in [-0.1, -0.05) is 15.9 Å². The summed E-state index contributed by atoms with van der Waals surface area (Å²) in [5, 5.41) is 6.08. The van der Waals surface area contributed by atoms with Crippen LogP contribution in [0.2, 0.25) is 0 Å². The Morgan fingerprint density at radius 1 is 1.35 bits per heavy atom. The number of benzene rings is 1. The van der Waals surface area contributed by atoms with Crippen LogP contribution in [0.4, 0.5) is 4.39 Å². The van der Waals surface area contributed by atoms with Gasteiger partial charge in [0.25, 0.3) is 0 Å². The maximum atomic E-state index is 13.7. The van der Waals surface area contributed by atoms with Crippen LogP contribution in [-0.4, -0.2) is 42.9 Å². The van der Waals surface area contributed by atoms with Crippen LogP contribution in [0.3, 0.4) is 0 Å². The van der Waals surface area contributed by atoms with Gasteiger partial charge in [-0.25, -0.2) is 9.38 Å². The van der Waals surface area contributed by atoms with Gasteiger partial charge in [0, 0.05) is 29.7 Å². The normalized spacial score (nSPS) is 14.9. The van der Waals surface area contributed by atoms with Crippen molar-refractivity contribution in [2.75, 3.05) is 26.2 Å². The first-order valence-electron chi connectivity index (χ1n) is 7.84. The molecular weight excluding hydrogens is 363 g/mol. The maximum Gasteiger partial charge on any atom is 0.241 e. The molecule has 2 N–H and O–H groups in total. The third-order valence-corrected chi connectivity index (χ3v) is 4.12. The lowest BCUT2D eigenvalue weighted by Gasteiger charge is -2.17. The van der Waals surface area contributed by atoms with E-state index in [1.807, 2.05) is 11.8 Å². The van der Waals surface area contributed by atoms with Gasteiger partial charge in [-0.3, -0.25) is 4.79 Å². The van der Waals surface area contributed by atoms with E-state index >= 15 is 0 Å². The van der Waals surface area contributed by atoms with Crippen molar-refractivity contribution in [3.05, 3.63) is 34.1 Å². The van der Waals surface area contributed by atoms with Crippen LogP contribution in [0.25, 0.3) is 0 Å². The number of likely N-dealkylation sites (tertiary alicyclic amines) is 1. The number of carbonyl (C=O) groups excluding carboxylic acids is 1. The molecule has 5 nitrogen and oxygen atoms in total. The molecule has 1 aromatic carbocycles. The second kappa shape index (κ2) is 8.86. The van der Waals surface area contributed by atoms with Crippen molar-refractivity contribution in [1.82, 2.24) is 15.5 Å². The molecule has 1 aromatic rings. The number of carbonyl (C=O) groups is 1. The van der Waals surface area contributed by atoms with Crippen molar-refractivity contribution < 1.29 is 9.18 Å². The molecule has 0 saturated carbocycles. The quantitative estimate of drug-likeness (QED) is 0.604. The van der Waals surface area contributed by atoms with Crippen molar-refractivity contribution in [2.24, 2.45) is 4.99 Å². The number of nitrogens with one attached hydrogen (secondary N) is 2. The molecule has 0 radical (unpaired) electrons. The summed E-state index contributed by atoms with van der Waals surface area (Å²) in [6.45, 7) is 4.68. The van der Waals surface area contributed by atoms with E-state index in [1.54, 1.807) is 12.1 Å². The first-order valence-corrected chi connectivity index (χ1v) is 8.63. The van der Waals surface area contributed by atoms with Crippen molar-refractivity contribution in [1.29, 1.82) is 0 Å². The number of guanidine groups is 1. The van der Waals surface area contributed by atoms with Gasteiger partial charge in [0.15, 0.2) is 5.96 Å². The highest BCUT2D eigenvalue weighted by atomic mass is 79.9. The van der Waals surface area contributed by atoms with Crippen molar-refractivity contribution in [2.45, 2.75) is 26.3 Å². The summed E-state index contributed by atoms with van der Waals surface area (Å²) in [5.74, 6) is 0.294. The number of aliphatic imine (C=N–C) groups is 1. The minimum absolute atomic E-state index is 0.0711. The molecule has 7 heteroatoms. The summed E-state index contributed by atoms with van der Waals surface area (Å²) in [5.41, 5.74) is 0.502. The number of hydrogen-bond donors (Lipinski definition) is 2. The van der Waals surface area contributed by atoms with Crippen molar-refractivity contribution in [3.8, 4) is 0 Å². The van der Waals surface area contributed by atoms with Crippen LogP contribution in [-0.2, 0) is 11.3 Å². The van der Waals surface area contributed by atoms with Crippen LogP contribution >= 0.6 is 15.9 Å². The summed E-state index contributed by atoms with van der Waals surface area (Å²) in [6, 6.07) is 4.77. The Morgan fingerprint density at radius 2 is 2.09 bits per heavy atom. The molecule has 1 aliphatic heterocycles. The summed E-state index contributed by atoms with van der Waals surface area (Å²) in [6.07, 6.45) is 2.14.